The van der Waals surface area contributed by atoms with Gasteiger partial charge in [-0.3, -0.25) is 4.57 Å². The zero-order valence-corrected chi connectivity index (χ0v) is 12.0. The third-order valence-corrected chi connectivity index (χ3v) is 3.43. The van der Waals surface area contributed by atoms with Crippen LogP contribution in [-0.2, 0) is 4.74 Å². The van der Waals surface area contributed by atoms with Gasteiger partial charge in [-0.15, -0.1) is 0 Å². The van der Waals surface area contributed by atoms with Crippen LogP contribution in [0.15, 0.2) is 42.5 Å². The number of nitrogens with two attached hydrogens (primary N) is 1. The molecular weight excluding hydrogens is 288 g/mol. The van der Waals surface area contributed by atoms with E-state index in [0.29, 0.717) is 17.0 Å². The molecule has 0 bridgehead atoms. The first-order valence-electron chi connectivity index (χ1n) is 6.79. The number of halogens is 2. The third kappa shape index (κ3) is 2.36. The first-order chi connectivity index (χ1) is 10.6. The SMILES string of the molecule is COCC(N)c1nc2ccc(F)c(F)c2n1-c1ccccc1. The Labute approximate surface area is 126 Å². The molecular formula is C16H15F2N3O. The fourth-order valence-electron chi connectivity index (χ4n) is 2.46. The molecule has 114 valence electrons. The largest absolute Gasteiger partial charge is 0.383 e. The average Bonchev–Trinajstić information content (AvgIpc) is 2.92. The zero-order valence-electron chi connectivity index (χ0n) is 12.0. The van der Waals surface area contributed by atoms with Crippen LogP contribution in [0.5, 0.6) is 0 Å². The van der Waals surface area contributed by atoms with Gasteiger partial charge in [0.15, 0.2) is 11.6 Å². The molecule has 0 saturated carbocycles. The van der Waals surface area contributed by atoms with Crippen molar-refractivity contribution in [2.45, 2.75) is 6.04 Å². The van der Waals surface area contributed by atoms with Gasteiger partial charge in [-0.1, -0.05) is 18.2 Å². The summed E-state index contributed by atoms with van der Waals surface area (Å²) in [6.45, 7) is 0.222. The second kappa shape index (κ2) is 5.82. The van der Waals surface area contributed by atoms with E-state index >= 15 is 0 Å². The number of aromatic nitrogens is 2. The normalized spacial score (nSPS) is 12.7. The number of rotatable bonds is 4. The Morgan fingerprint density at radius 2 is 1.91 bits per heavy atom. The lowest BCUT2D eigenvalue weighted by Gasteiger charge is -2.14. The molecule has 1 unspecified atom stereocenters. The average molecular weight is 303 g/mol. The third-order valence-electron chi connectivity index (χ3n) is 3.43. The van der Waals surface area contributed by atoms with E-state index in [4.69, 9.17) is 10.5 Å². The minimum atomic E-state index is -0.940. The topological polar surface area (TPSA) is 53.1 Å². The Morgan fingerprint density at radius 1 is 1.18 bits per heavy atom. The quantitative estimate of drug-likeness (QED) is 0.806. The van der Waals surface area contributed by atoms with Crippen LogP contribution in [0, 0.1) is 11.6 Å². The minimum absolute atomic E-state index is 0.0766. The van der Waals surface area contributed by atoms with Crippen LogP contribution in [0.25, 0.3) is 16.7 Å². The Bertz CT molecular complexity index is 802. The van der Waals surface area contributed by atoms with Crippen LogP contribution in [0.1, 0.15) is 11.9 Å². The number of benzene rings is 2. The van der Waals surface area contributed by atoms with Gasteiger partial charge in [0.1, 0.15) is 11.3 Å². The lowest BCUT2D eigenvalue weighted by molar-refractivity contribution is 0.178. The molecule has 0 saturated heterocycles. The summed E-state index contributed by atoms with van der Waals surface area (Å²) in [4.78, 5) is 4.36. The monoisotopic (exact) mass is 303 g/mol. The van der Waals surface area contributed by atoms with Crippen LogP contribution in [0.4, 0.5) is 8.78 Å². The molecule has 1 heterocycles. The van der Waals surface area contributed by atoms with Crippen LogP contribution >= 0.6 is 0 Å². The summed E-state index contributed by atoms with van der Waals surface area (Å²) in [5, 5.41) is 0. The van der Waals surface area contributed by atoms with Crippen molar-refractivity contribution in [3.63, 3.8) is 0 Å². The highest BCUT2D eigenvalue weighted by Crippen LogP contribution is 2.27. The van der Waals surface area contributed by atoms with E-state index in [9.17, 15) is 8.78 Å². The molecule has 2 N–H and O–H groups in total. The minimum Gasteiger partial charge on any atom is -0.383 e. The highest BCUT2D eigenvalue weighted by Gasteiger charge is 2.22. The van der Waals surface area contributed by atoms with E-state index in [1.807, 2.05) is 18.2 Å². The highest BCUT2D eigenvalue weighted by atomic mass is 19.2. The predicted molar refractivity (Wildman–Crippen MR) is 79.8 cm³/mol. The van der Waals surface area contributed by atoms with Crippen LogP contribution in [0.3, 0.4) is 0 Å². The zero-order chi connectivity index (χ0) is 15.7. The summed E-state index contributed by atoms with van der Waals surface area (Å²) >= 11 is 0. The van der Waals surface area contributed by atoms with E-state index < -0.39 is 17.7 Å². The smallest absolute Gasteiger partial charge is 0.185 e. The summed E-state index contributed by atoms with van der Waals surface area (Å²) in [6.07, 6.45) is 0. The van der Waals surface area contributed by atoms with Crippen molar-refractivity contribution in [3.05, 3.63) is 59.9 Å². The van der Waals surface area contributed by atoms with Gasteiger partial charge in [0.2, 0.25) is 0 Å². The molecule has 0 aliphatic rings. The molecule has 22 heavy (non-hydrogen) atoms. The Kier molecular flexibility index (Phi) is 3.87. The van der Waals surface area contributed by atoms with Crippen LogP contribution < -0.4 is 5.73 Å². The van der Waals surface area contributed by atoms with Crippen molar-refractivity contribution in [2.75, 3.05) is 13.7 Å². The molecule has 2 aromatic carbocycles. The van der Waals surface area contributed by atoms with Crippen LogP contribution in [-0.4, -0.2) is 23.3 Å². The lowest BCUT2D eigenvalue weighted by atomic mass is 10.2. The predicted octanol–water partition coefficient (Wildman–Crippen LogP) is 2.95. The summed E-state index contributed by atoms with van der Waals surface area (Å²) in [7, 11) is 1.52. The number of para-hydroxylation sites is 1. The fourth-order valence-corrected chi connectivity index (χ4v) is 2.46. The van der Waals surface area contributed by atoms with E-state index in [-0.39, 0.29) is 12.1 Å². The molecule has 0 amide bonds. The number of methoxy groups -OCH3 is 1. The van der Waals surface area contributed by atoms with Gasteiger partial charge in [-0.2, -0.15) is 0 Å². The molecule has 0 fully saturated rings. The molecule has 0 spiro atoms. The second-order valence-electron chi connectivity index (χ2n) is 4.93. The summed E-state index contributed by atoms with van der Waals surface area (Å²) in [5.41, 5.74) is 7.16. The van der Waals surface area contributed by atoms with Gasteiger partial charge in [0.05, 0.1) is 18.2 Å². The number of imidazole rings is 1. The molecule has 0 aliphatic heterocycles. The maximum atomic E-state index is 14.3. The van der Waals surface area contributed by atoms with Gasteiger partial charge in [0, 0.05) is 12.8 Å². The molecule has 1 atom stereocenters. The molecule has 4 nitrogen and oxygen atoms in total. The lowest BCUT2D eigenvalue weighted by Crippen LogP contribution is -2.20. The standard InChI is InChI=1S/C16H15F2N3O/c1-22-9-12(19)16-20-13-8-7-11(17)14(18)15(13)21(16)10-5-3-2-4-6-10/h2-8,12H,9,19H2,1H3. The van der Waals surface area contributed by atoms with Gasteiger partial charge in [-0.05, 0) is 24.3 Å². The molecule has 0 radical (unpaired) electrons. The first-order valence-corrected chi connectivity index (χ1v) is 6.79. The number of nitrogens with zero attached hydrogens (tertiary/aromatic N) is 2. The Morgan fingerprint density at radius 3 is 2.59 bits per heavy atom. The van der Waals surface area contributed by atoms with Gasteiger partial charge in [0.25, 0.3) is 0 Å². The molecule has 3 aromatic rings. The number of hydrogen-bond acceptors (Lipinski definition) is 3. The number of ether oxygens (including phenoxy) is 1. The van der Waals surface area contributed by atoms with Crippen LogP contribution in [0.2, 0.25) is 0 Å². The van der Waals surface area contributed by atoms with E-state index in [0.717, 1.165) is 6.07 Å². The van der Waals surface area contributed by atoms with Crippen molar-refractivity contribution >= 4 is 11.0 Å². The van der Waals surface area contributed by atoms with Crippen molar-refractivity contribution in [1.29, 1.82) is 0 Å². The number of hydrogen-bond donors (Lipinski definition) is 1. The highest BCUT2D eigenvalue weighted by molar-refractivity contribution is 5.79. The maximum Gasteiger partial charge on any atom is 0.185 e. The number of fused-ring (bicyclic) bond motifs is 1. The van der Waals surface area contributed by atoms with Crippen molar-refractivity contribution < 1.29 is 13.5 Å². The Balaban J connectivity index is 2.33. The summed E-state index contributed by atoms with van der Waals surface area (Å²) in [5.74, 6) is -1.44. The molecule has 1 aromatic heterocycles. The molecule has 0 aliphatic carbocycles. The maximum absolute atomic E-state index is 14.3. The Hall–Kier alpha value is -2.31. The van der Waals surface area contributed by atoms with Crippen molar-refractivity contribution in [1.82, 2.24) is 9.55 Å². The van der Waals surface area contributed by atoms with Gasteiger partial charge >= 0.3 is 0 Å². The molecule has 6 heteroatoms. The molecule has 3 rings (SSSR count). The van der Waals surface area contributed by atoms with E-state index in [2.05, 4.69) is 4.98 Å². The second-order valence-corrected chi connectivity index (χ2v) is 4.93. The summed E-state index contributed by atoms with van der Waals surface area (Å²) < 4.78 is 34.5. The van der Waals surface area contributed by atoms with E-state index in [1.54, 1.807) is 12.1 Å². The van der Waals surface area contributed by atoms with Crippen molar-refractivity contribution in [3.8, 4) is 5.69 Å². The van der Waals surface area contributed by atoms with Crippen molar-refractivity contribution in [2.24, 2.45) is 5.73 Å². The van der Waals surface area contributed by atoms with Gasteiger partial charge < -0.3 is 10.5 Å². The summed E-state index contributed by atoms with van der Waals surface area (Å²) in [6, 6.07) is 11.0. The first kappa shape index (κ1) is 14.6. The van der Waals surface area contributed by atoms with E-state index in [1.165, 1.54) is 17.7 Å². The fraction of sp³-hybridized carbons (Fsp3) is 0.188. The van der Waals surface area contributed by atoms with Gasteiger partial charge in [-0.25, -0.2) is 13.8 Å².